The molecule has 1 rings (SSSR count). The van der Waals surface area contributed by atoms with Crippen molar-refractivity contribution in [2.75, 3.05) is 29.9 Å². The molecule has 1 aromatic heterocycles. The van der Waals surface area contributed by atoms with Crippen LogP contribution in [0.4, 0.5) is 11.8 Å². The van der Waals surface area contributed by atoms with Gasteiger partial charge in [0.25, 0.3) is 0 Å². The topological polar surface area (TPSA) is 41.1 Å². The zero-order valence-electron chi connectivity index (χ0n) is 12.2. The Morgan fingerprint density at radius 1 is 1.16 bits per heavy atom. The van der Waals surface area contributed by atoms with Gasteiger partial charge in [-0.25, -0.2) is 4.98 Å². The highest BCUT2D eigenvalue weighted by Gasteiger charge is 2.12. The molecule has 0 aliphatic heterocycles. The van der Waals surface area contributed by atoms with E-state index in [4.69, 9.17) is 0 Å². The van der Waals surface area contributed by atoms with Gasteiger partial charge in [-0.2, -0.15) is 4.98 Å². The first-order chi connectivity index (χ1) is 9.22. The zero-order chi connectivity index (χ0) is 14.1. The average molecular weight is 329 g/mol. The van der Waals surface area contributed by atoms with Crippen LogP contribution in [0, 0.1) is 0 Å². The summed E-state index contributed by atoms with van der Waals surface area (Å²) in [5.41, 5.74) is 0. The normalized spacial score (nSPS) is 10.5. The second-order valence-electron chi connectivity index (χ2n) is 4.59. The molecule has 1 heterocycles. The molecule has 0 bridgehead atoms. The average Bonchev–Trinajstić information content (AvgIpc) is 2.42. The maximum atomic E-state index is 4.63. The smallest absolute Gasteiger partial charge is 0.224 e. The highest BCUT2D eigenvalue weighted by Crippen LogP contribution is 2.25. The van der Waals surface area contributed by atoms with Gasteiger partial charge in [-0.1, -0.05) is 26.7 Å². The van der Waals surface area contributed by atoms with Crippen LogP contribution in [-0.2, 0) is 0 Å². The molecule has 0 aliphatic rings. The molecule has 4 nitrogen and oxygen atoms in total. The molecule has 0 saturated heterocycles. The van der Waals surface area contributed by atoms with E-state index >= 15 is 0 Å². The molecule has 1 N–H and O–H groups in total. The summed E-state index contributed by atoms with van der Waals surface area (Å²) >= 11 is 3.57. The minimum atomic E-state index is 0.707. The van der Waals surface area contributed by atoms with Crippen molar-refractivity contribution in [2.45, 2.75) is 46.5 Å². The minimum absolute atomic E-state index is 0.707. The third-order valence-electron chi connectivity index (χ3n) is 2.92. The first kappa shape index (κ1) is 16.2. The van der Waals surface area contributed by atoms with Crippen molar-refractivity contribution >= 4 is 27.7 Å². The molecule has 0 aromatic carbocycles. The first-order valence-corrected chi connectivity index (χ1v) is 8.03. The molecule has 0 saturated carbocycles. The van der Waals surface area contributed by atoms with Crippen LogP contribution in [0.1, 0.15) is 46.5 Å². The molecule has 1 aromatic rings. The molecule has 0 radical (unpaired) electrons. The molecular formula is C14H25BrN4. The Balaban J connectivity index is 2.87. The van der Waals surface area contributed by atoms with E-state index in [0.29, 0.717) is 5.95 Å². The summed E-state index contributed by atoms with van der Waals surface area (Å²) in [6, 6.07) is 0. The molecule has 0 atom stereocenters. The van der Waals surface area contributed by atoms with Crippen molar-refractivity contribution in [3.63, 3.8) is 0 Å². The van der Waals surface area contributed by atoms with Crippen LogP contribution in [0.15, 0.2) is 10.7 Å². The van der Waals surface area contributed by atoms with E-state index < -0.39 is 0 Å². The van der Waals surface area contributed by atoms with Gasteiger partial charge in [0.05, 0.1) is 4.47 Å². The lowest BCUT2D eigenvalue weighted by atomic mass is 10.2. The van der Waals surface area contributed by atoms with E-state index in [-0.39, 0.29) is 0 Å². The molecule has 108 valence electrons. The standard InChI is InChI=1S/C14H25BrN4/c1-4-7-9-19(10-8-5-2)13-12(15)11-17-14(18-13)16-6-3/h11H,4-10H2,1-3H3,(H,16,17,18). The maximum Gasteiger partial charge on any atom is 0.224 e. The third kappa shape index (κ3) is 5.35. The molecule has 5 heteroatoms. The second kappa shape index (κ2) is 9.13. The number of hydrogen-bond donors (Lipinski definition) is 1. The number of nitrogens with one attached hydrogen (secondary N) is 1. The molecule has 0 amide bonds. The number of rotatable bonds is 9. The van der Waals surface area contributed by atoms with Gasteiger partial charge in [-0.3, -0.25) is 0 Å². The Kier molecular flexibility index (Phi) is 7.79. The Labute approximate surface area is 125 Å². The maximum absolute atomic E-state index is 4.63. The lowest BCUT2D eigenvalue weighted by Crippen LogP contribution is -2.27. The molecular weight excluding hydrogens is 304 g/mol. The van der Waals surface area contributed by atoms with Gasteiger partial charge in [0.15, 0.2) is 0 Å². The van der Waals surface area contributed by atoms with Crippen molar-refractivity contribution in [2.24, 2.45) is 0 Å². The lowest BCUT2D eigenvalue weighted by molar-refractivity contribution is 0.669. The second-order valence-corrected chi connectivity index (χ2v) is 5.44. The Morgan fingerprint density at radius 2 is 1.79 bits per heavy atom. The fraction of sp³-hybridized carbons (Fsp3) is 0.714. The third-order valence-corrected chi connectivity index (χ3v) is 3.48. The number of halogens is 1. The van der Waals surface area contributed by atoms with Gasteiger partial charge < -0.3 is 10.2 Å². The predicted molar refractivity (Wildman–Crippen MR) is 85.9 cm³/mol. The zero-order valence-corrected chi connectivity index (χ0v) is 13.8. The van der Waals surface area contributed by atoms with E-state index in [1.54, 1.807) is 0 Å². The number of aromatic nitrogens is 2. The van der Waals surface area contributed by atoms with Crippen molar-refractivity contribution in [1.82, 2.24) is 9.97 Å². The van der Waals surface area contributed by atoms with Gasteiger partial charge >= 0.3 is 0 Å². The SMILES string of the molecule is CCCCN(CCCC)c1nc(NCC)ncc1Br. The number of unbranched alkanes of at least 4 members (excludes halogenated alkanes) is 2. The van der Waals surface area contributed by atoms with Gasteiger partial charge in [-0.05, 0) is 35.7 Å². The number of anilines is 2. The van der Waals surface area contributed by atoms with Crippen LogP contribution in [-0.4, -0.2) is 29.6 Å². The van der Waals surface area contributed by atoms with Crippen molar-refractivity contribution in [3.8, 4) is 0 Å². The molecule has 19 heavy (non-hydrogen) atoms. The van der Waals surface area contributed by atoms with Crippen LogP contribution in [0.3, 0.4) is 0 Å². The van der Waals surface area contributed by atoms with Gasteiger partial charge in [-0.15, -0.1) is 0 Å². The van der Waals surface area contributed by atoms with E-state index in [1.807, 2.05) is 6.20 Å². The highest BCUT2D eigenvalue weighted by molar-refractivity contribution is 9.10. The van der Waals surface area contributed by atoms with Crippen LogP contribution in [0.2, 0.25) is 0 Å². The molecule has 0 aliphatic carbocycles. The van der Waals surface area contributed by atoms with Crippen molar-refractivity contribution in [1.29, 1.82) is 0 Å². The summed E-state index contributed by atoms with van der Waals surface area (Å²) in [6.07, 6.45) is 6.62. The minimum Gasteiger partial charge on any atom is -0.356 e. The summed E-state index contributed by atoms with van der Waals surface area (Å²) in [4.78, 5) is 11.3. The summed E-state index contributed by atoms with van der Waals surface area (Å²) in [6.45, 7) is 9.44. The predicted octanol–water partition coefficient (Wildman–Crippen LogP) is 4.08. The highest BCUT2D eigenvalue weighted by atomic mass is 79.9. The first-order valence-electron chi connectivity index (χ1n) is 7.24. The Morgan fingerprint density at radius 3 is 2.32 bits per heavy atom. The molecule has 0 unspecified atom stereocenters. The van der Waals surface area contributed by atoms with Crippen LogP contribution < -0.4 is 10.2 Å². The lowest BCUT2D eigenvalue weighted by Gasteiger charge is -2.24. The summed E-state index contributed by atoms with van der Waals surface area (Å²) in [5.74, 6) is 1.71. The van der Waals surface area contributed by atoms with E-state index in [2.05, 4.69) is 56.9 Å². The van der Waals surface area contributed by atoms with Crippen LogP contribution in [0.25, 0.3) is 0 Å². The Hall–Kier alpha value is -0.840. The molecule has 0 spiro atoms. The van der Waals surface area contributed by atoms with Crippen LogP contribution >= 0.6 is 15.9 Å². The van der Waals surface area contributed by atoms with E-state index in [1.165, 1.54) is 25.7 Å². The van der Waals surface area contributed by atoms with E-state index in [0.717, 1.165) is 29.9 Å². The van der Waals surface area contributed by atoms with Crippen LogP contribution in [0.5, 0.6) is 0 Å². The van der Waals surface area contributed by atoms with Crippen molar-refractivity contribution < 1.29 is 0 Å². The van der Waals surface area contributed by atoms with Gasteiger partial charge in [0, 0.05) is 25.8 Å². The monoisotopic (exact) mass is 328 g/mol. The largest absolute Gasteiger partial charge is 0.356 e. The number of hydrogen-bond acceptors (Lipinski definition) is 4. The van der Waals surface area contributed by atoms with E-state index in [9.17, 15) is 0 Å². The summed E-state index contributed by atoms with van der Waals surface area (Å²) in [5, 5.41) is 3.17. The Bertz CT molecular complexity index is 362. The summed E-state index contributed by atoms with van der Waals surface area (Å²) < 4.78 is 0.973. The summed E-state index contributed by atoms with van der Waals surface area (Å²) in [7, 11) is 0. The number of nitrogens with zero attached hydrogens (tertiary/aromatic N) is 3. The fourth-order valence-corrected chi connectivity index (χ4v) is 2.29. The van der Waals surface area contributed by atoms with Gasteiger partial charge in [0.2, 0.25) is 5.95 Å². The fourth-order valence-electron chi connectivity index (χ4n) is 1.84. The quantitative estimate of drug-likeness (QED) is 0.741. The van der Waals surface area contributed by atoms with Gasteiger partial charge in [0.1, 0.15) is 5.82 Å². The van der Waals surface area contributed by atoms with Crippen molar-refractivity contribution in [3.05, 3.63) is 10.7 Å². The molecule has 0 fully saturated rings.